The summed E-state index contributed by atoms with van der Waals surface area (Å²) in [4.78, 5) is 0. The highest BCUT2D eigenvalue weighted by Gasteiger charge is 2.22. The number of phenolic OH excluding ortho intramolecular Hbond substituents is 1. The van der Waals surface area contributed by atoms with Crippen LogP contribution in [0.15, 0.2) is 12.1 Å². The van der Waals surface area contributed by atoms with Gasteiger partial charge in [-0.25, -0.2) is 13.2 Å². The Morgan fingerprint density at radius 3 is 2.27 bits per heavy atom. The van der Waals surface area contributed by atoms with Crippen LogP contribution in [-0.2, 0) is 0 Å². The van der Waals surface area contributed by atoms with Gasteiger partial charge in [0.25, 0.3) is 6.43 Å². The molecule has 86 valence electrons. The number of hydrogen-bond donors (Lipinski definition) is 3. The van der Waals surface area contributed by atoms with Gasteiger partial charge in [0.15, 0.2) is 0 Å². The second-order valence-electron chi connectivity index (χ2n) is 2.79. The highest BCUT2D eigenvalue weighted by atomic mass is 35.5. The van der Waals surface area contributed by atoms with E-state index >= 15 is 0 Å². The van der Waals surface area contributed by atoms with Crippen molar-refractivity contribution in [3.05, 3.63) is 23.5 Å². The SMILES string of the molecule is Cl.Nc1cc(F)cc([C@H](N)C(F)F)c1O. The lowest BCUT2D eigenvalue weighted by Gasteiger charge is -2.13. The van der Waals surface area contributed by atoms with Gasteiger partial charge in [0.05, 0.1) is 11.7 Å². The van der Waals surface area contributed by atoms with E-state index in [-0.39, 0.29) is 18.1 Å². The lowest BCUT2D eigenvalue weighted by Crippen LogP contribution is -2.19. The summed E-state index contributed by atoms with van der Waals surface area (Å²) in [6, 6.07) is -0.174. The third-order valence-electron chi connectivity index (χ3n) is 1.76. The number of anilines is 1. The molecule has 0 bridgehead atoms. The van der Waals surface area contributed by atoms with Crippen LogP contribution >= 0.6 is 12.4 Å². The fourth-order valence-corrected chi connectivity index (χ4v) is 1.03. The second kappa shape index (κ2) is 5.09. The minimum Gasteiger partial charge on any atom is -0.505 e. The van der Waals surface area contributed by atoms with Gasteiger partial charge in [-0.2, -0.15) is 0 Å². The number of nitrogens with two attached hydrogens (primary N) is 2. The van der Waals surface area contributed by atoms with E-state index < -0.39 is 29.6 Å². The summed E-state index contributed by atoms with van der Waals surface area (Å²) >= 11 is 0. The zero-order valence-corrected chi connectivity index (χ0v) is 8.27. The predicted octanol–water partition coefficient (Wildman–Crippen LogP) is 1.80. The smallest absolute Gasteiger partial charge is 0.257 e. The molecule has 0 heterocycles. The van der Waals surface area contributed by atoms with Crippen LogP contribution < -0.4 is 11.5 Å². The predicted molar refractivity (Wildman–Crippen MR) is 52.7 cm³/mol. The molecule has 0 saturated carbocycles. The summed E-state index contributed by atoms with van der Waals surface area (Å²) < 4.78 is 37.1. The number of hydrogen-bond acceptors (Lipinski definition) is 3. The van der Waals surface area contributed by atoms with Gasteiger partial charge >= 0.3 is 0 Å². The van der Waals surface area contributed by atoms with Gasteiger partial charge in [0, 0.05) is 11.6 Å². The van der Waals surface area contributed by atoms with Crippen molar-refractivity contribution in [1.29, 1.82) is 0 Å². The van der Waals surface area contributed by atoms with Crippen molar-refractivity contribution >= 4 is 18.1 Å². The lowest BCUT2D eigenvalue weighted by atomic mass is 10.1. The first kappa shape index (κ1) is 13.9. The summed E-state index contributed by atoms with van der Waals surface area (Å²) in [6.07, 6.45) is -2.89. The van der Waals surface area contributed by atoms with Gasteiger partial charge in [-0.05, 0) is 6.07 Å². The maximum atomic E-state index is 12.7. The molecule has 0 fully saturated rings. The number of alkyl halides is 2. The van der Waals surface area contributed by atoms with Gasteiger partial charge in [-0.1, -0.05) is 0 Å². The Bertz CT molecular complexity index is 349. The van der Waals surface area contributed by atoms with Crippen molar-refractivity contribution in [2.45, 2.75) is 12.5 Å². The van der Waals surface area contributed by atoms with Crippen molar-refractivity contribution in [2.24, 2.45) is 5.73 Å². The molecule has 5 N–H and O–H groups in total. The van der Waals surface area contributed by atoms with E-state index in [9.17, 15) is 18.3 Å². The van der Waals surface area contributed by atoms with Crippen LogP contribution in [-0.4, -0.2) is 11.5 Å². The summed E-state index contributed by atoms with van der Waals surface area (Å²) in [6.45, 7) is 0. The Labute approximate surface area is 90.3 Å². The van der Waals surface area contributed by atoms with E-state index in [4.69, 9.17) is 11.5 Å². The molecule has 0 aliphatic rings. The first-order valence-electron chi connectivity index (χ1n) is 3.75. The molecule has 0 aliphatic carbocycles. The monoisotopic (exact) mass is 242 g/mol. The summed E-state index contributed by atoms with van der Waals surface area (Å²) in [5.74, 6) is -1.41. The number of nitrogen functional groups attached to an aromatic ring is 1. The molecule has 0 saturated heterocycles. The van der Waals surface area contributed by atoms with E-state index in [0.717, 1.165) is 12.1 Å². The topological polar surface area (TPSA) is 72.3 Å². The number of aromatic hydroxyl groups is 1. The van der Waals surface area contributed by atoms with Crippen molar-refractivity contribution in [1.82, 2.24) is 0 Å². The van der Waals surface area contributed by atoms with Crippen molar-refractivity contribution in [3.63, 3.8) is 0 Å². The van der Waals surface area contributed by atoms with Crippen molar-refractivity contribution in [3.8, 4) is 5.75 Å². The van der Waals surface area contributed by atoms with E-state index in [2.05, 4.69) is 0 Å². The van der Waals surface area contributed by atoms with Crippen molar-refractivity contribution in [2.75, 3.05) is 5.73 Å². The highest BCUT2D eigenvalue weighted by Crippen LogP contribution is 2.32. The number of halogens is 4. The van der Waals surface area contributed by atoms with Crippen LogP contribution in [0.4, 0.5) is 18.9 Å². The standard InChI is InChI=1S/C8H9F3N2O.ClH/c9-3-1-4(6(13)8(10)11)7(14)5(12)2-3;/h1-2,6,8,14H,12-13H2;1H/t6-;/m0./s1. The normalized spacial score (nSPS) is 12.3. The molecule has 1 aromatic rings. The molecular formula is C8H10ClF3N2O. The Morgan fingerprint density at radius 2 is 1.80 bits per heavy atom. The summed E-state index contributed by atoms with van der Waals surface area (Å²) in [5.41, 5.74) is 9.51. The molecule has 0 spiro atoms. The van der Waals surface area contributed by atoms with Crippen molar-refractivity contribution < 1.29 is 18.3 Å². The van der Waals surface area contributed by atoms with E-state index in [0.29, 0.717) is 0 Å². The molecule has 0 radical (unpaired) electrons. The molecular weight excluding hydrogens is 233 g/mol. The average Bonchev–Trinajstić information content (AvgIpc) is 2.09. The van der Waals surface area contributed by atoms with E-state index in [1.807, 2.05) is 0 Å². The molecule has 0 unspecified atom stereocenters. The molecule has 3 nitrogen and oxygen atoms in total. The minimum atomic E-state index is -2.89. The first-order chi connectivity index (χ1) is 6.43. The van der Waals surface area contributed by atoms with E-state index in [1.165, 1.54) is 0 Å². The van der Waals surface area contributed by atoms with Crippen LogP contribution in [0.3, 0.4) is 0 Å². The number of rotatable bonds is 2. The third-order valence-corrected chi connectivity index (χ3v) is 1.76. The summed E-state index contributed by atoms with van der Waals surface area (Å²) in [7, 11) is 0. The van der Waals surface area contributed by atoms with Gasteiger partial charge in [-0.15, -0.1) is 12.4 Å². The Kier molecular flexibility index (Phi) is 4.70. The Balaban J connectivity index is 0.00000196. The third kappa shape index (κ3) is 2.90. The van der Waals surface area contributed by atoms with Gasteiger partial charge in [0.2, 0.25) is 0 Å². The lowest BCUT2D eigenvalue weighted by molar-refractivity contribution is 0.115. The zero-order valence-electron chi connectivity index (χ0n) is 7.45. The first-order valence-corrected chi connectivity index (χ1v) is 3.75. The Hall–Kier alpha value is -1.14. The van der Waals surface area contributed by atoms with Gasteiger partial charge in [-0.3, -0.25) is 0 Å². The molecule has 1 aromatic carbocycles. The highest BCUT2D eigenvalue weighted by molar-refractivity contribution is 5.85. The zero-order chi connectivity index (χ0) is 10.9. The van der Waals surface area contributed by atoms with Crippen LogP contribution in [0.1, 0.15) is 11.6 Å². The van der Waals surface area contributed by atoms with Crippen LogP contribution in [0.5, 0.6) is 5.75 Å². The number of phenols is 1. The van der Waals surface area contributed by atoms with Gasteiger partial charge in [0.1, 0.15) is 11.6 Å². The molecule has 0 aromatic heterocycles. The average molecular weight is 243 g/mol. The van der Waals surface area contributed by atoms with Crippen LogP contribution in [0, 0.1) is 5.82 Å². The molecule has 15 heavy (non-hydrogen) atoms. The molecule has 1 rings (SSSR count). The van der Waals surface area contributed by atoms with Crippen LogP contribution in [0.2, 0.25) is 0 Å². The minimum absolute atomic E-state index is 0. The molecule has 7 heteroatoms. The Morgan fingerprint density at radius 1 is 1.27 bits per heavy atom. The van der Waals surface area contributed by atoms with Gasteiger partial charge < -0.3 is 16.6 Å². The molecule has 0 aliphatic heterocycles. The fourth-order valence-electron chi connectivity index (χ4n) is 1.03. The summed E-state index contributed by atoms with van der Waals surface area (Å²) in [5, 5.41) is 9.24. The molecule has 0 amide bonds. The largest absolute Gasteiger partial charge is 0.505 e. The van der Waals surface area contributed by atoms with Crippen LogP contribution in [0.25, 0.3) is 0 Å². The van der Waals surface area contributed by atoms with E-state index in [1.54, 1.807) is 0 Å². The maximum Gasteiger partial charge on any atom is 0.257 e. The maximum absolute atomic E-state index is 12.7. The molecule has 1 atom stereocenters. The second-order valence-corrected chi connectivity index (χ2v) is 2.79. The number of benzene rings is 1. The quantitative estimate of drug-likeness (QED) is 0.547. The fraction of sp³-hybridized carbons (Fsp3) is 0.250.